The van der Waals surface area contributed by atoms with Crippen molar-refractivity contribution in [3.63, 3.8) is 0 Å². The summed E-state index contributed by atoms with van der Waals surface area (Å²) in [6, 6.07) is 1.92. The fourth-order valence-electron chi connectivity index (χ4n) is 1.17. The molecule has 0 aliphatic rings. The van der Waals surface area contributed by atoms with E-state index in [0.29, 0.717) is 5.92 Å². The number of nitrogens with zero attached hydrogens (tertiary/aromatic N) is 1. The molecule has 0 fully saturated rings. The lowest BCUT2D eigenvalue weighted by Crippen LogP contribution is -2.14. The Morgan fingerprint density at radius 3 is 2.75 bits per heavy atom. The molecule has 12 heavy (non-hydrogen) atoms. The molecule has 0 unspecified atom stereocenters. The van der Waals surface area contributed by atoms with E-state index < -0.39 is 0 Å². The summed E-state index contributed by atoms with van der Waals surface area (Å²) >= 11 is 0. The van der Waals surface area contributed by atoms with E-state index in [1.165, 1.54) is 0 Å². The van der Waals surface area contributed by atoms with E-state index in [0.717, 1.165) is 17.8 Å². The van der Waals surface area contributed by atoms with Gasteiger partial charge in [0.25, 0.3) is 0 Å². The normalized spacial score (nSPS) is 10.7. The fourth-order valence-corrected chi connectivity index (χ4v) is 1.17. The topological polar surface area (TPSA) is 45.8 Å². The zero-order chi connectivity index (χ0) is 9.14. The van der Waals surface area contributed by atoms with Crippen LogP contribution in [0.1, 0.15) is 25.2 Å². The third-order valence-corrected chi connectivity index (χ3v) is 1.55. The summed E-state index contributed by atoms with van der Waals surface area (Å²) in [6.07, 6.45) is 0.866. The second-order valence-electron chi connectivity index (χ2n) is 3.46. The van der Waals surface area contributed by atoms with E-state index in [2.05, 4.69) is 23.8 Å². The Labute approximate surface area is 71.9 Å². The predicted octanol–water partition coefficient (Wildman–Crippen LogP) is 1.28. The first kappa shape index (κ1) is 8.97. The average molecular weight is 166 g/mol. The monoisotopic (exact) mass is 166 g/mol. The maximum Gasteiger partial charge on any atom is 0.345 e. The Balaban J connectivity index is 2.93. The van der Waals surface area contributed by atoms with E-state index in [-0.39, 0.29) is 5.69 Å². The Hall–Kier alpha value is -1.12. The van der Waals surface area contributed by atoms with Crippen LogP contribution >= 0.6 is 0 Å². The van der Waals surface area contributed by atoms with Crippen molar-refractivity contribution in [3.05, 3.63) is 27.9 Å². The number of aromatic nitrogens is 2. The number of aromatic amines is 1. The molecule has 0 saturated heterocycles. The zero-order valence-corrected chi connectivity index (χ0v) is 7.72. The lowest BCUT2D eigenvalue weighted by molar-refractivity contribution is 0.631. The third-order valence-electron chi connectivity index (χ3n) is 1.55. The van der Waals surface area contributed by atoms with Crippen molar-refractivity contribution in [2.24, 2.45) is 5.92 Å². The summed E-state index contributed by atoms with van der Waals surface area (Å²) in [6.45, 7) is 6.09. The van der Waals surface area contributed by atoms with Gasteiger partial charge in [-0.3, -0.25) is 0 Å². The van der Waals surface area contributed by atoms with Gasteiger partial charge in [-0.15, -0.1) is 0 Å². The Morgan fingerprint density at radius 2 is 2.25 bits per heavy atom. The summed E-state index contributed by atoms with van der Waals surface area (Å²) in [5.74, 6) is 0.540. The van der Waals surface area contributed by atoms with Crippen LogP contribution in [0.3, 0.4) is 0 Å². The first-order chi connectivity index (χ1) is 5.58. The van der Waals surface area contributed by atoms with E-state index in [9.17, 15) is 4.79 Å². The molecular formula is C9H14N2O. The lowest BCUT2D eigenvalue weighted by atomic mass is 10.1. The van der Waals surface area contributed by atoms with Crippen LogP contribution in [0.25, 0.3) is 0 Å². The van der Waals surface area contributed by atoms with Gasteiger partial charge in [0.2, 0.25) is 0 Å². The van der Waals surface area contributed by atoms with Crippen LogP contribution in [0.2, 0.25) is 0 Å². The maximum absolute atomic E-state index is 10.9. The highest BCUT2D eigenvalue weighted by molar-refractivity contribution is 5.06. The predicted molar refractivity (Wildman–Crippen MR) is 48.1 cm³/mol. The molecule has 0 aliphatic carbocycles. The zero-order valence-electron chi connectivity index (χ0n) is 7.72. The highest BCUT2D eigenvalue weighted by Crippen LogP contribution is 2.03. The summed E-state index contributed by atoms with van der Waals surface area (Å²) in [4.78, 5) is 17.4. The van der Waals surface area contributed by atoms with E-state index >= 15 is 0 Å². The van der Waals surface area contributed by atoms with Crippen molar-refractivity contribution >= 4 is 0 Å². The molecule has 0 aromatic carbocycles. The lowest BCUT2D eigenvalue weighted by Gasteiger charge is -2.03. The number of hydrogen-bond acceptors (Lipinski definition) is 2. The van der Waals surface area contributed by atoms with Gasteiger partial charge in [-0.25, -0.2) is 4.79 Å². The van der Waals surface area contributed by atoms with Gasteiger partial charge in [-0.1, -0.05) is 13.8 Å². The first-order valence-corrected chi connectivity index (χ1v) is 4.15. The molecule has 1 rings (SSSR count). The van der Waals surface area contributed by atoms with E-state index in [4.69, 9.17) is 0 Å². The smallest absolute Gasteiger partial charge is 0.310 e. The van der Waals surface area contributed by atoms with Gasteiger partial charge in [0.1, 0.15) is 0 Å². The number of nitrogens with one attached hydrogen (secondary N) is 1. The quantitative estimate of drug-likeness (QED) is 0.719. The van der Waals surface area contributed by atoms with Crippen LogP contribution in [0.15, 0.2) is 10.9 Å². The van der Waals surface area contributed by atoms with Crippen molar-refractivity contribution in [2.45, 2.75) is 27.2 Å². The highest BCUT2D eigenvalue weighted by Gasteiger charge is 2.00. The van der Waals surface area contributed by atoms with Crippen LogP contribution in [0, 0.1) is 12.8 Å². The van der Waals surface area contributed by atoms with Crippen molar-refractivity contribution in [1.82, 2.24) is 9.97 Å². The Morgan fingerprint density at radius 1 is 1.58 bits per heavy atom. The molecule has 0 atom stereocenters. The molecule has 1 N–H and O–H groups in total. The number of rotatable bonds is 2. The van der Waals surface area contributed by atoms with Crippen LogP contribution in [0.4, 0.5) is 0 Å². The molecular weight excluding hydrogens is 152 g/mol. The van der Waals surface area contributed by atoms with Crippen molar-refractivity contribution in [2.75, 3.05) is 0 Å². The Bertz CT molecular complexity index is 315. The van der Waals surface area contributed by atoms with Crippen LogP contribution in [-0.4, -0.2) is 9.97 Å². The Kier molecular flexibility index (Phi) is 2.63. The minimum absolute atomic E-state index is 0.245. The molecule has 0 spiro atoms. The number of H-pyrrole nitrogens is 1. The number of aryl methyl sites for hydroxylation is 1. The molecule has 0 bridgehead atoms. The minimum Gasteiger partial charge on any atom is -0.310 e. The average Bonchev–Trinajstić information content (AvgIpc) is 1.81. The molecule has 3 heteroatoms. The van der Waals surface area contributed by atoms with Crippen molar-refractivity contribution in [1.29, 1.82) is 0 Å². The van der Waals surface area contributed by atoms with Gasteiger partial charge >= 0.3 is 5.69 Å². The first-order valence-electron chi connectivity index (χ1n) is 4.15. The van der Waals surface area contributed by atoms with E-state index in [1.807, 2.05) is 13.0 Å². The van der Waals surface area contributed by atoms with Crippen LogP contribution in [0.5, 0.6) is 0 Å². The van der Waals surface area contributed by atoms with Gasteiger partial charge in [0.15, 0.2) is 0 Å². The van der Waals surface area contributed by atoms with Crippen molar-refractivity contribution < 1.29 is 0 Å². The summed E-state index contributed by atoms with van der Waals surface area (Å²) < 4.78 is 0. The van der Waals surface area contributed by atoms with Crippen molar-refractivity contribution in [3.8, 4) is 0 Å². The summed E-state index contributed by atoms with van der Waals surface area (Å²) in [7, 11) is 0. The van der Waals surface area contributed by atoms with E-state index in [1.54, 1.807) is 0 Å². The molecule has 3 nitrogen and oxygen atoms in total. The largest absolute Gasteiger partial charge is 0.345 e. The maximum atomic E-state index is 10.9. The van der Waals surface area contributed by atoms with Gasteiger partial charge in [0.05, 0.1) is 0 Å². The van der Waals surface area contributed by atoms with Gasteiger partial charge in [-0.2, -0.15) is 4.98 Å². The molecule has 66 valence electrons. The van der Waals surface area contributed by atoms with Gasteiger partial charge in [-0.05, 0) is 25.3 Å². The summed E-state index contributed by atoms with van der Waals surface area (Å²) in [5, 5.41) is 0. The SMILES string of the molecule is Cc1cc(CC(C)C)nc(=O)[nH]1. The minimum atomic E-state index is -0.245. The van der Waals surface area contributed by atoms with Crippen LogP contribution < -0.4 is 5.69 Å². The molecule has 0 radical (unpaired) electrons. The third kappa shape index (κ3) is 2.49. The second kappa shape index (κ2) is 3.52. The molecule has 0 amide bonds. The van der Waals surface area contributed by atoms with Crippen LogP contribution in [-0.2, 0) is 6.42 Å². The molecule has 1 aromatic heterocycles. The standard InChI is InChI=1S/C9H14N2O/c1-6(2)4-8-5-7(3)10-9(12)11-8/h5-6H,4H2,1-3H3,(H,10,11,12). The molecule has 0 saturated carbocycles. The molecule has 1 aromatic rings. The summed E-state index contributed by atoms with van der Waals surface area (Å²) in [5.41, 5.74) is 1.52. The molecule has 1 heterocycles. The van der Waals surface area contributed by atoms with Gasteiger partial charge in [0, 0.05) is 11.4 Å². The molecule has 0 aliphatic heterocycles. The van der Waals surface area contributed by atoms with Gasteiger partial charge < -0.3 is 4.98 Å². The highest BCUT2D eigenvalue weighted by atomic mass is 16.1. The second-order valence-corrected chi connectivity index (χ2v) is 3.46. The fraction of sp³-hybridized carbons (Fsp3) is 0.556. The number of hydrogen-bond donors (Lipinski definition) is 1.